The lowest BCUT2D eigenvalue weighted by Gasteiger charge is -2.41. The van der Waals surface area contributed by atoms with E-state index in [1.807, 2.05) is 0 Å². The predicted octanol–water partition coefficient (Wildman–Crippen LogP) is 4.93. The van der Waals surface area contributed by atoms with Crippen LogP contribution in [0.1, 0.15) is 30.9 Å². The van der Waals surface area contributed by atoms with E-state index in [0.29, 0.717) is 0 Å². The molecule has 5 rings (SSSR count). The van der Waals surface area contributed by atoms with Crippen LogP contribution in [0.15, 0.2) is 30.3 Å². The van der Waals surface area contributed by atoms with Gasteiger partial charge in [-0.25, -0.2) is 0 Å². The second kappa shape index (κ2) is 6.28. The molecule has 0 aliphatic carbocycles. The number of rotatable bonds is 3. The van der Waals surface area contributed by atoms with Crippen LogP contribution in [0.2, 0.25) is 0 Å². The van der Waals surface area contributed by atoms with Crippen molar-refractivity contribution in [3.8, 4) is 17.2 Å². The molecule has 1 atom stereocenters. The largest absolute Gasteiger partial charge is 0.497 e. The molecule has 0 unspecified atom stereocenters. The van der Waals surface area contributed by atoms with Gasteiger partial charge in [0.05, 0.1) is 21.3 Å². The number of methoxy groups -OCH3 is 3. The fraction of sp³-hybridized carbons (Fsp3) is 0.417. The number of nitrogens with zero attached hydrogens (tertiary/aromatic N) is 1. The smallest absolute Gasteiger partial charge is 0.161 e. The second-order valence-electron chi connectivity index (χ2n) is 8.32. The molecule has 2 heterocycles. The van der Waals surface area contributed by atoms with E-state index in [9.17, 15) is 0 Å². The average molecular weight is 377 g/mol. The molecule has 2 aliphatic heterocycles. The summed E-state index contributed by atoms with van der Waals surface area (Å²) in [7, 11) is 5.13. The Morgan fingerprint density at radius 2 is 1.54 bits per heavy atom. The zero-order valence-electron chi connectivity index (χ0n) is 17.1. The molecule has 0 aromatic heterocycles. The fourth-order valence-corrected chi connectivity index (χ4v) is 5.32. The van der Waals surface area contributed by atoms with E-state index in [4.69, 9.17) is 14.2 Å². The Bertz CT molecular complexity index is 1090. The zero-order valence-corrected chi connectivity index (χ0v) is 17.1. The van der Waals surface area contributed by atoms with Gasteiger partial charge in [-0.3, -0.25) is 4.90 Å². The third-order valence-electron chi connectivity index (χ3n) is 6.87. The van der Waals surface area contributed by atoms with Crippen LogP contribution < -0.4 is 14.2 Å². The van der Waals surface area contributed by atoms with Gasteiger partial charge >= 0.3 is 0 Å². The molecule has 3 aromatic rings. The quantitative estimate of drug-likeness (QED) is 0.606. The average Bonchev–Trinajstić information content (AvgIpc) is 3.11. The van der Waals surface area contributed by atoms with Gasteiger partial charge in [0.15, 0.2) is 11.5 Å². The maximum Gasteiger partial charge on any atom is 0.161 e. The molecule has 0 amide bonds. The summed E-state index contributed by atoms with van der Waals surface area (Å²) in [6.07, 6.45) is 3.63. The van der Waals surface area contributed by atoms with E-state index >= 15 is 0 Å². The van der Waals surface area contributed by atoms with Crippen molar-refractivity contribution < 1.29 is 14.2 Å². The summed E-state index contributed by atoms with van der Waals surface area (Å²) in [5.74, 6) is 2.44. The molecule has 146 valence electrons. The first-order valence-corrected chi connectivity index (χ1v) is 10.0. The van der Waals surface area contributed by atoms with Crippen LogP contribution in [0.5, 0.6) is 17.2 Å². The van der Waals surface area contributed by atoms with Gasteiger partial charge in [-0.2, -0.15) is 0 Å². The van der Waals surface area contributed by atoms with Crippen molar-refractivity contribution >= 4 is 21.5 Å². The van der Waals surface area contributed by atoms with Crippen LogP contribution in [0.3, 0.4) is 0 Å². The normalized spacial score (nSPS) is 21.6. The summed E-state index contributed by atoms with van der Waals surface area (Å²) in [5, 5.41) is 5.03. The number of fused-ring (bicyclic) bond motifs is 7. The first-order chi connectivity index (χ1) is 13.6. The Balaban J connectivity index is 1.89. The first kappa shape index (κ1) is 17.6. The number of benzene rings is 3. The van der Waals surface area contributed by atoms with E-state index in [2.05, 4.69) is 42.2 Å². The molecule has 1 saturated heterocycles. The summed E-state index contributed by atoms with van der Waals surface area (Å²) in [6, 6.07) is 10.7. The van der Waals surface area contributed by atoms with Gasteiger partial charge in [0.2, 0.25) is 0 Å². The van der Waals surface area contributed by atoms with Crippen LogP contribution in [0.25, 0.3) is 21.5 Å². The van der Waals surface area contributed by atoms with Crippen molar-refractivity contribution in [2.75, 3.05) is 27.9 Å². The Labute approximate surface area is 166 Å². The van der Waals surface area contributed by atoms with Crippen LogP contribution >= 0.6 is 0 Å². The van der Waals surface area contributed by atoms with Gasteiger partial charge in [0, 0.05) is 12.1 Å². The first-order valence-electron chi connectivity index (χ1n) is 10.0. The van der Waals surface area contributed by atoms with Crippen molar-refractivity contribution in [3.63, 3.8) is 0 Å². The van der Waals surface area contributed by atoms with Gasteiger partial charge in [0.25, 0.3) is 0 Å². The molecule has 28 heavy (non-hydrogen) atoms. The molecule has 0 bridgehead atoms. The van der Waals surface area contributed by atoms with Gasteiger partial charge in [-0.15, -0.1) is 0 Å². The van der Waals surface area contributed by atoms with Crippen molar-refractivity contribution in [1.82, 2.24) is 4.90 Å². The lowest BCUT2D eigenvalue weighted by molar-refractivity contribution is 0.134. The van der Waals surface area contributed by atoms with Crippen LogP contribution in [-0.2, 0) is 13.0 Å². The summed E-state index contributed by atoms with van der Waals surface area (Å²) in [5.41, 5.74) is 3.18. The highest BCUT2D eigenvalue weighted by Crippen LogP contribution is 2.47. The van der Waals surface area contributed by atoms with E-state index in [0.717, 1.165) is 30.2 Å². The van der Waals surface area contributed by atoms with Crippen molar-refractivity contribution in [2.24, 2.45) is 0 Å². The lowest BCUT2D eigenvalue weighted by atomic mass is 9.79. The van der Waals surface area contributed by atoms with Crippen LogP contribution in [-0.4, -0.2) is 38.3 Å². The topological polar surface area (TPSA) is 30.9 Å². The number of ether oxygens (including phenoxy) is 3. The zero-order chi connectivity index (χ0) is 19.5. The van der Waals surface area contributed by atoms with Crippen molar-refractivity contribution in [1.29, 1.82) is 0 Å². The Morgan fingerprint density at radius 1 is 0.821 bits per heavy atom. The van der Waals surface area contributed by atoms with Gasteiger partial charge < -0.3 is 14.2 Å². The minimum atomic E-state index is 0.257. The molecule has 1 fully saturated rings. The summed E-state index contributed by atoms with van der Waals surface area (Å²) in [4.78, 5) is 2.67. The van der Waals surface area contributed by atoms with Crippen LogP contribution in [0.4, 0.5) is 0 Å². The molecule has 4 nitrogen and oxygen atoms in total. The molecule has 0 N–H and O–H groups in total. The predicted molar refractivity (Wildman–Crippen MR) is 113 cm³/mol. The highest BCUT2D eigenvalue weighted by atomic mass is 16.5. The molecular formula is C24H27NO3. The lowest BCUT2D eigenvalue weighted by Crippen LogP contribution is -2.46. The Morgan fingerprint density at radius 3 is 2.25 bits per heavy atom. The van der Waals surface area contributed by atoms with Crippen molar-refractivity contribution in [3.05, 3.63) is 41.5 Å². The number of hydrogen-bond donors (Lipinski definition) is 0. The molecule has 0 spiro atoms. The SMILES string of the molecule is COc1ccc2c3c(c4cc(OC)c(OC)cc4c2c1)C[C@@]1(C)CCCN1C3. The van der Waals surface area contributed by atoms with Crippen LogP contribution in [0, 0.1) is 0 Å². The molecule has 4 heteroatoms. The second-order valence-corrected chi connectivity index (χ2v) is 8.32. The molecule has 0 radical (unpaired) electrons. The minimum absolute atomic E-state index is 0.257. The Kier molecular flexibility index (Phi) is 3.95. The summed E-state index contributed by atoms with van der Waals surface area (Å²) < 4.78 is 16.8. The molecule has 2 aliphatic rings. The highest BCUT2D eigenvalue weighted by molar-refractivity contribution is 6.12. The Hall–Kier alpha value is -2.46. The molecule has 3 aromatic carbocycles. The molecular weight excluding hydrogens is 350 g/mol. The maximum absolute atomic E-state index is 5.64. The number of hydrogen-bond acceptors (Lipinski definition) is 4. The van der Waals surface area contributed by atoms with Gasteiger partial charge in [0.1, 0.15) is 5.75 Å². The third kappa shape index (κ3) is 2.40. The molecule has 0 saturated carbocycles. The summed E-state index contributed by atoms with van der Waals surface area (Å²) >= 11 is 0. The van der Waals surface area contributed by atoms with E-state index in [-0.39, 0.29) is 5.54 Å². The van der Waals surface area contributed by atoms with Gasteiger partial charge in [-0.1, -0.05) is 6.07 Å². The highest BCUT2D eigenvalue weighted by Gasteiger charge is 2.41. The third-order valence-corrected chi connectivity index (χ3v) is 6.87. The van der Waals surface area contributed by atoms with E-state index in [1.54, 1.807) is 21.3 Å². The summed E-state index contributed by atoms with van der Waals surface area (Å²) in [6.45, 7) is 4.63. The van der Waals surface area contributed by atoms with E-state index < -0.39 is 0 Å². The fourth-order valence-electron chi connectivity index (χ4n) is 5.32. The monoisotopic (exact) mass is 377 g/mol. The van der Waals surface area contributed by atoms with Crippen molar-refractivity contribution in [2.45, 2.75) is 38.3 Å². The van der Waals surface area contributed by atoms with E-state index in [1.165, 1.54) is 52.1 Å². The standard InChI is InChI=1S/C24H27NO3/c1-24-8-5-9-25(24)14-21-16-7-6-15(26-2)10-17(16)18-11-22(27-3)23(28-4)12-19(18)20(21)13-24/h6-7,10-12H,5,8-9,13-14H2,1-4H3/t24-/m1/s1. The van der Waals surface area contributed by atoms with Gasteiger partial charge in [-0.05, 0) is 89.7 Å². The minimum Gasteiger partial charge on any atom is -0.497 e. The maximum atomic E-state index is 5.64.